The summed E-state index contributed by atoms with van der Waals surface area (Å²) in [5.74, 6) is -4.92. The molecule has 0 unspecified atom stereocenters. The molecule has 0 atom stereocenters. The van der Waals surface area contributed by atoms with E-state index in [9.17, 15) is 18.0 Å². The molecule has 0 fully saturated rings. The third kappa shape index (κ3) is 3.72. The molecule has 0 saturated heterocycles. The van der Waals surface area contributed by atoms with Crippen LogP contribution in [0.1, 0.15) is 10.4 Å². The highest BCUT2D eigenvalue weighted by atomic mass is 19.2. The number of aromatic nitrogens is 2. The quantitative estimate of drug-likeness (QED) is 0.595. The largest absolute Gasteiger partial charge is 0.478 e. The van der Waals surface area contributed by atoms with E-state index in [4.69, 9.17) is 5.11 Å². The zero-order valence-corrected chi connectivity index (χ0v) is 13.0. The standard InChI is InChI=1S/C17H11F3N4O2/c18-11-4-5-12(16(20)15(11)19)24-14-7-13(21-8-22-14)23-10-3-1-2-9(6-10)17(25)26/h1-8H,(H,25,26)(H2,21,22,23,24). The van der Waals surface area contributed by atoms with Gasteiger partial charge in [-0.15, -0.1) is 0 Å². The Balaban J connectivity index is 1.82. The van der Waals surface area contributed by atoms with Crippen molar-refractivity contribution in [1.29, 1.82) is 0 Å². The number of hydrogen-bond acceptors (Lipinski definition) is 5. The maximum absolute atomic E-state index is 13.7. The van der Waals surface area contributed by atoms with E-state index >= 15 is 0 Å². The minimum atomic E-state index is -1.59. The summed E-state index contributed by atoms with van der Waals surface area (Å²) >= 11 is 0. The van der Waals surface area contributed by atoms with E-state index in [0.717, 1.165) is 12.1 Å². The van der Waals surface area contributed by atoms with Crippen LogP contribution in [0.25, 0.3) is 0 Å². The Bertz CT molecular complexity index is 982. The molecule has 2 aromatic carbocycles. The van der Waals surface area contributed by atoms with E-state index in [2.05, 4.69) is 20.6 Å². The molecule has 0 bridgehead atoms. The number of aromatic carboxylic acids is 1. The highest BCUT2D eigenvalue weighted by Gasteiger charge is 2.14. The summed E-state index contributed by atoms with van der Waals surface area (Å²) in [4.78, 5) is 18.8. The van der Waals surface area contributed by atoms with E-state index in [1.165, 1.54) is 24.5 Å². The molecule has 0 aliphatic heterocycles. The van der Waals surface area contributed by atoms with Crippen LogP contribution in [0.2, 0.25) is 0 Å². The van der Waals surface area contributed by atoms with Crippen molar-refractivity contribution in [3.8, 4) is 0 Å². The Morgan fingerprint density at radius 3 is 2.38 bits per heavy atom. The van der Waals surface area contributed by atoms with Crippen molar-refractivity contribution >= 4 is 29.0 Å². The second kappa shape index (κ2) is 7.09. The molecule has 1 heterocycles. The first-order chi connectivity index (χ1) is 12.4. The van der Waals surface area contributed by atoms with E-state index in [0.29, 0.717) is 5.69 Å². The number of nitrogens with zero attached hydrogens (tertiary/aromatic N) is 2. The SMILES string of the molecule is O=C(O)c1cccc(Nc2cc(Nc3ccc(F)c(F)c3F)ncn2)c1. The molecule has 0 radical (unpaired) electrons. The number of hydrogen-bond donors (Lipinski definition) is 3. The minimum absolute atomic E-state index is 0.0891. The van der Waals surface area contributed by atoms with Crippen LogP contribution in [0.5, 0.6) is 0 Å². The van der Waals surface area contributed by atoms with Crippen molar-refractivity contribution in [2.75, 3.05) is 10.6 Å². The van der Waals surface area contributed by atoms with Crippen LogP contribution in [-0.2, 0) is 0 Å². The van der Waals surface area contributed by atoms with Crippen LogP contribution in [-0.4, -0.2) is 21.0 Å². The molecule has 0 spiro atoms. The van der Waals surface area contributed by atoms with Gasteiger partial charge in [0.1, 0.15) is 18.0 Å². The fraction of sp³-hybridized carbons (Fsp3) is 0. The lowest BCUT2D eigenvalue weighted by molar-refractivity contribution is 0.0697. The summed E-state index contributed by atoms with van der Waals surface area (Å²) in [5.41, 5.74) is 0.265. The van der Waals surface area contributed by atoms with Gasteiger partial charge in [0.05, 0.1) is 11.3 Å². The van der Waals surface area contributed by atoms with Gasteiger partial charge in [0, 0.05) is 11.8 Å². The van der Waals surface area contributed by atoms with Crippen LogP contribution in [0.15, 0.2) is 48.8 Å². The van der Waals surface area contributed by atoms with Crippen molar-refractivity contribution < 1.29 is 23.1 Å². The van der Waals surface area contributed by atoms with Gasteiger partial charge < -0.3 is 15.7 Å². The second-order valence-corrected chi connectivity index (χ2v) is 5.15. The number of anilines is 4. The van der Waals surface area contributed by atoms with Gasteiger partial charge in [0.2, 0.25) is 0 Å². The van der Waals surface area contributed by atoms with Gasteiger partial charge in [-0.25, -0.2) is 27.9 Å². The first-order valence-electron chi connectivity index (χ1n) is 7.27. The Hall–Kier alpha value is -3.62. The normalized spacial score (nSPS) is 10.4. The molecule has 3 aromatic rings. The zero-order chi connectivity index (χ0) is 18.7. The van der Waals surface area contributed by atoms with Crippen molar-refractivity contribution in [3.05, 3.63) is 71.8 Å². The smallest absolute Gasteiger partial charge is 0.335 e. The third-order valence-electron chi connectivity index (χ3n) is 3.35. The molecular weight excluding hydrogens is 349 g/mol. The third-order valence-corrected chi connectivity index (χ3v) is 3.35. The van der Waals surface area contributed by atoms with Crippen LogP contribution < -0.4 is 10.6 Å². The lowest BCUT2D eigenvalue weighted by Gasteiger charge is -2.10. The maximum Gasteiger partial charge on any atom is 0.335 e. The van der Waals surface area contributed by atoms with Gasteiger partial charge in [-0.3, -0.25) is 0 Å². The number of carbonyl (C=O) groups is 1. The average Bonchev–Trinajstić information content (AvgIpc) is 2.63. The van der Waals surface area contributed by atoms with Crippen LogP contribution in [0.4, 0.5) is 36.2 Å². The molecule has 0 aliphatic carbocycles. The summed E-state index contributed by atoms with van der Waals surface area (Å²) in [5, 5.41) is 14.4. The van der Waals surface area contributed by atoms with Crippen LogP contribution in [0.3, 0.4) is 0 Å². The van der Waals surface area contributed by atoms with Crippen molar-refractivity contribution in [3.63, 3.8) is 0 Å². The Morgan fingerprint density at radius 2 is 1.65 bits per heavy atom. The summed E-state index contributed by atoms with van der Waals surface area (Å²) < 4.78 is 40.0. The Morgan fingerprint density at radius 1 is 0.923 bits per heavy atom. The Labute approximate surface area is 145 Å². The number of halogens is 3. The molecule has 0 saturated carbocycles. The van der Waals surface area contributed by atoms with Crippen molar-refractivity contribution in [2.24, 2.45) is 0 Å². The van der Waals surface area contributed by atoms with Crippen LogP contribution in [0, 0.1) is 17.5 Å². The zero-order valence-electron chi connectivity index (χ0n) is 13.0. The molecule has 6 nitrogen and oxygen atoms in total. The number of nitrogens with one attached hydrogen (secondary N) is 2. The summed E-state index contributed by atoms with van der Waals surface area (Å²) in [6, 6.07) is 9.27. The first-order valence-corrected chi connectivity index (χ1v) is 7.27. The van der Waals surface area contributed by atoms with Gasteiger partial charge in [-0.05, 0) is 30.3 Å². The van der Waals surface area contributed by atoms with Gasteiger partial charge >= 0.3 is 5.97 Å². The topological polar surface area (TPSA) is 87.1 Å². The number of benzene rings is 2. The molecular formula is C17H11F3N4O2. The van der Waals surface area contributed by atoms with Gasteiger partial charge in [0.25, 0.3) is 0 Å². The van der Waals surface area contributed by atoms with Crippen LogP contribution >= 0.6 is 0 Å². The van der Waals surface area contributed by atoms with Gasteiger partial charge in [-0.2, -0.15) is 0 Å². The predicted octanol–water partition coefficient (Wildman–Crippen LogP) is 4.08. The number of carboxylic acids is 1. The fourth-order valence-corrected chi connectivity index (χ4v) is 2.13. The number of rotatable bonds is 5. The summed E-state index contributed by atoms with van der Waals surface area (Å²) in [6.45, 7) is 0. The molecule has 0 aliphatic rings. The molecule has 26 heavy (non-hydrogen) atoms. The summed E-state index contributed by atoms with van der Waals surface area (Å²) in [6.07, 6.45) is 1.17. The number of carboxylic acid groups (broad SMARTS) is 1. The first kappa shape index (κ1) is 17.2. The highest BCUT2D eigenvalue weighted by molar-refractivity contribution is 5.89. The van der Waals surface area contributed by atoms with E-state index in [1.807, 2.05) is 0 Å². The molecule has 132 valence electrons. The summed E-state index contributed by atoms with van der Waals surface area (Å²) in [7, 11) is 0. The lowest BCUT2D eigenvalue weighted by atomic mass is 10.2. The van der Waals surface area contributed by atoms with Crippen molar-refractivity contribution in [2.45, 2.75) is 0 Å². The second-order valence-electron chi connectivity index (χ2n) is 5.15. The minimum Gasteiger partial charge on any atom is -0.478 e. The monoisotopic (exact) mass is 360 g/mol. The fourth-order valence-electron chi connectivity index (χ4n) is 2.13. The average molecular weight is 360 g/mol. The van der Waals surface area contributed by atoms with Gasteiger partial charge in [-0.1, -0.05) is 6.07 Å². The Kier molecular flexibility index (Phi) is 4.70. The highest BCUT2D eigenvalue weighted by Crippen LogP contribution is 2.24. The molecule has 3 rings (SSSR count). The predicted molar refractivity (Wildman–Crippen MR) is 88.3 cm³/mol. The van der Waals surface area contributed by atoms with E-state index in [-0.39, 0.29) is 22.9 Å². The molecule has 3 N–H and O–H groups in total. The van der Waals surface area contributed by atoms with E-state index in [1.54, 1.807) is 12.1 Å². The van der Waals surface area contributed by atoms with Crippen molar-refractivity contribution in [1.82, 2.24) is 9.97 Å². The van der Waals surface area contributed by atoms with E-state index < -0.39 is 23.4 Å². The molecule has 0 amide bonds. The molecule has 1 aromatic heterocycles. The van der Waals surface area contributed by atoms with Gasteiger partial charge in [0.15, 0.2) is 17.5 Å². The maximum atomic E-state index is 13.7. The lowest BCUT2D eigenvalue weighted by Crippen LogP contribution is -2.02. The molecule has 9 heteroatoms.